The van der Waals surface area contributed by atoms with E-state index in [0.29, 0.717) is 0 Å². The number of nitrogens with zero attached hydrogens (tertiary/aromatic N) is 1. The second-order valence-electron chi connectivity index (χ2n) is 12.8. The van der Waals surface area contributed by atoms with Gasteiger partial charge in [0.1, 0.15) is 23.2 Å². The zero-order valence-corrected chi connectivity index (χ0v) is 26.5. The fraction of sp³-hybridized carbons (Fsp3) is 0.0455. The summed E-state index contributed by atoms with van der Waals surface area (Å²) in [6.07, 6.45) is 0. The number of hydrogen-bond acceptors (Lipinski definition) is 0. The van der Waals surface area contributed by atoms with Crippen LogP contribution in [-0.4, -0.2) is 11.2 Å². The van der Waals surface area contributed by atoms with Crippen LogP contribution in [0.5, 0.6) is 0 Å². The van der Waals surface area contributed by atoms with E-state index in [1.807, 2.05) is 0 Å². The highest BCUT2D eigenvalue weighted by atomic mass is 31.2. The Labute approximate surface area is 269 Å². The highest BCUT2D eigenvalue weighted by molar-refractivity contribution is 7.95. The Morgan fingerprint density at radius 3 is 1.80 bits per heavy atom. The zero-order valence-electron chi connectivity index (χ0n) is 25.6. The zero-order chi connectivity index (χ0) is 30.5. The summed E-state index contributed by atoms with van der Waals surface area (Å²) in [6.45, 7) is 2.50. The van der Waals surface area contributed by atoms with Crippen molar-refractivity contribution in [2.75, 3.05) is 6.66 Å². The fourth-order valence-corrected chi connectivity index (χ4v) is 11.9. The van der Waals surface area contributed by atoms with E-state index in [0.717, 1.165) is 0 Å². The largest absolute Gasteiger partial charge is 0.309 e. The topological polar surface area (TPSA) is 4.93 Å². The monoisotopic (exact) mass is 604 g/mol. The number of hydrogen-bond donors (Lipinski definition) is 0. The first-order chi connectivity index (χ1) is 22.7. The second-order valence-corrected chi connectivity index (χ2v) is 16.3. The summed E-state index contributed by atoms with van der Waals surface area (Å²) in [4.78, 5) is 0. The summed E-state index contributed by atoms with van der Waals surface area (Å²) < 4.78 is 2.52. The van der Waals surface area contributed by atoms with Gasteiger partial charge in [-0.15, -0.1) is 0 Å². The lowest BCUT2D eigenvalue weighted by molar-refractivity contribution is 0.749. The van der Waals surface area contributed by atoms with Gasteiger partial charge in [0.2, 0.25) is 0 Å². The molecule has 0 fully saturated rings. The minimum Gasteiger partial charge on any atom is -0.309 e. The Bertz CT molecular complexity index is 2450. The van der Waals surface area contributed by atoms with Gasteiger partial charge in [0.25, 0.3) is 0 Å². The summed E-state index contributed by atoms with van der Waals surface area (Å²) in [7, 11) is -1.96. The lowest BCUT2D eigenvalue weighted by Gasteiger charge is -2.39. The van der Waals surface area contributed by atoms with Crippen molar-refractivity contribution in [2.45, 2.75) is 5.41 Å². The van der Waals surface area contributed by atoms with Crippen LogP contribution in [-0.2, 0) is 5.41 Å². The van der Waals surface area contributed by atoms with E-state index in [-0.39, 0.29) is 0 Å². The fourth-order valence-electron chi connectivity index (χ4n) is 8.73. The van der Waals surface area contributed by atoms with Gasteiger partial charge in [-0.3, -0.25) is 0 Å². The van der Waals surface area contributed by atoms with Crippen LogP contribution in [0.1, 0.15) is 22.3 Å². The molecule has 2 heterocycles. The van der Waals surface area contributed by atoms with Gasteiger partial charge in [0, 0.05) is 10.8 Å². The Balaban J connectivity index is 1.37. The molecule has 1 aliphatic heterocycles. The van der Waals surface area contributed by atoms with E-state index < -0.39 is 12.7 Å². The quantitative estimate of drug-likeness (QED) is 0.177. The molecule has 1 unspecified atom stereocenters. The Morgan fingerprint density at radius 1 is 0.435 bits per heavy atom. The second kappa shape index (κ2) is 9.39. The lowest BCUT2D eigenvalue weighted by Crippen LogP contribution is -2.35. The van der Waals surface area contributed by atoms with Gasteiger partial charge >= 0.3 is 0 Å². The lowest BCUT2D eigenvalue weighted by atomic mass is 9.65. The SMILES string of the molecule is C[P+](c1ccccc1)(c1ccccc1)c1ccc2c(c1)C1(c3ccccc3-2)c2ccccc2-n2c3ccccc3c3cccc1c32. The molecule has 0 bridgehead atoms. The van der Waals surface area contributed by atoms with Crippen molar-refractivity contribution in [2.24, 2.45) is 0 Å². The summed E-state index contributed by atoms with van der Waals surface area (Å²) >= 11 is 0. The Kier molecular flexibility index (Phi) is 5.32. The summed E-state index contributed by atoms with van der Waals surface area (Å²) in [5.41, 5.74) is 11.5. The third-order valence-electron chi connectivity index (χ3n) is 10.7. The Morgan fingerprint density at radius 2 is 1.02 bits per heavy atom. The van der Waals surface area contributed by atoms with Crippen molar-refractivity contribution in [3.63, 3.8) is 0 Å². The minimum atomic E-state index is -1.96. The molecule has 1 aliphatic carbocycles. The van der Waals surface area contributed by atoms with Gasteiger partial charge in [0.15, 0.2) is 0 Å². The third kappa shape index (κ3) is 3.14. The molecule has 0 saturated heterocycles. The van der Waals surface area contributed by atoms with E-state index in [9.17, 15) is 0 Å². The third-order valence-corrected chi connectivity index (χ3v) is 14.7. The standard InChI is InChI=1S/C44H31NP/c1-46(30-15-4-2-5-16-30,31-17-6-3-7-18-31)32-27-28-34-33-19-8-10-22-37(33)44(40(34)29-32)38-23-11-13-26-42(38)45-41-25-12-9-20-35(41)36-21-14-24-39(44)43(36)45/h2-29H,1H3/q+1. The molecule has 0 saturated carbocycles. The van der Waals surface area contributed by atoms with E-state index in [1.54, 1.807) is 0 Å². The molecule has 1 atom stereocenters. The molecule has 1 nitrogen and oxygen atoms in total. The molecule has 0 amide bonds. The number of benzene rings is 7. The van der Waals surface area contributed by atoms with Crippen LogP contribution in [0.2, 0.25) is 0 Å². The van der Waals surface area contributed by atoms with Crippen molar-refractivity contribution in [1.29, 1.82) is 0 Å². The van der Waals surface area contributed by atoms with Crippen molar-refractivity contribution in [3.8, 4) is 16.8 Å². The first-order valence-corrected chi connectivity index (χ1v) is 18.3. The molecule has 0 radical (unpaired) electrons. The highest BCUT2D eigenvalue weighted by Crippen LogP contribution is 2.62. The average molecular weight is 605 g/mol. The predicted octanol–water partition coefficient (Wildman–Crippen LogP) is 9.38. The summed E-state index contributed by atoms with van der Waals surface area (Å²) in [5.74, 6) is 0. The summed E-state index contributed by atoms with van der Waals surface area (Å²) in [5, 5.41) is 6.83. The van der Waals surface area contributed by atoms with Crippen LogP contribution >= 0.6 is 7.26 Å². The number of fused-ring (bicyclic) bond motifs is 12. The van der Waals surface area contributed by atoms with Gasteiger partial charge in [-0.2, -0.15) is 0 Å². The van der Waals surface area contributed by atoms with E-state index in [2.05, 4.69) is 181 Å². The van der Waals surface area contributed by atoms with Gasteiger partial charge in [-0.25, -0.2) is 0 Å². The minimum absolute atomic E-state index is 0.444. The molecule has 46 heavy (non-hydrogen) atoms. The molecule has 8 aromatic rings. The maximum Gasteiger partial charge on any atom is 0.109 e. The first-order valence-electron chi connectivity index (χ1n) is 16.1. The van der Waals surface area contributed by atoms with Gasteiger partial charge < -0.3 is 4.57 Å². The van der Waals surface area contributed by atoms with Crippen molar-refractivity contribution in [1.82, 2.24) is 4.57 Å². The first kappa shape index (κ1) is 26.0. The van der Waals surface area contributed by atoms with Gasteiger partial charge in [0.05, 0.1) is 28.8 Å². The van der Waals surface area contributed by atoms with E-state index >= 15 is 0 Å². The molecule has 10 rings (SSSR count). The van der Waals surface area contributed by atoms with Crippen LogP contribution in [0.25, 0.3) is 38.6 Å². The number of aromatic nitrogens is 1. The highest BCUT2D eigenvalue weighted by Gasteiger charge is 2.52. The molecule has 7 aromatic carbocycles. The maximum absolute atomic E-state index is 2.59. The van der Waals surface area contributed by atoms with E-state index in [1.165, 1.54) is 76.8 Å². The van der Waals surface area contributed by atoms with Crippen molar-refractivity contribution < 1.29 is 0 Å². The number of rotatable bonds is 3. The predicted molar refractivity (Wildman–Crippen MR) is 196 cm³/mol. The van der Waals surface area contributed by atoms with Crippen molar-refractivity contribution in [3.05, 3.63) is 192 Å². The molecule has 2 aliphatic rings. The molecular formula is C44H31NP+. The molecule has 2 heteroatoms. The van der Waals surface area contributed by atoms with Crippen molar-refractivity contribution >= 4 is 45.0 Å². The van der Waals surface area contributed by atoms with Crippen LogP contribution < -0.4 is 15.9 Å². The Hall–Kier alpha value is -5.23. The number of para-hydroxylation sites is 3. The van der Waals surface area contributed by atoms with Crippen LogP contribution in [0.4, 0.5) is 0 Å². The van der Waals surface area contributed by atoms with Crippen LogP contribution in [0.3, 0.4) is 0 Å². The molecular weight excluding hydrogens is 573 g/mol. The molecule has 216 valence electrons. The van der Waals surface area contributed by atoms with Crippen LogP contribution in [0.15, 0.2) is 170 Å². The molecule has 0 N–H and O–H groups in total. The maximum atomic E-state index is 2.59. The summed E-state index contributed by atoms with van der Waals surface area (Å²) in [6, 6.07) is 63.9. The van der Waals surface area contributed by atoms with Gasteiger partial charge in [-0.05, 0) is 81.9 Å². The normalized spacial score (nSPS) is 16.0. The average Bonchev–Trinajstić information content (AvgIpc) is 3.62. The van der Waals surface area contributed by atoms with Gasteiger partial charge in [-0.1, -0.05) is 121 Å². The smallest absolute Gasteiger partial charge is 0.109 e. The van der Waals surface area contributed by atoms with Crippen LogP contribution in [0, 0.1) is 0 Å². The van der Waals surface area contributed by atoms with E-state index in [4.69, 9.17) is 0 Å². The molecule has 1 spiro atoms. The molecule has 1 aromatic heterocycles.